The van der Waals surface area contributed by atoms with Crippen LogP contribution in [0.1, 0.15) is 30.4 Å². The Bertz CT molecular complexity index is 855. The minimum atomic E-state index is -0.365. The summed E-state index contributed by atoms with van der Waals surface area (Å²) in [6, 6.07) is 9.49. The Kier molecular flexibility index (Phi) is 8.00. The van der Waals surface area contributed by atoms with Crippen LogP contribution in [-0.2, 0) is 17.8 Å². The molecule has 0 radical (unpaired) electrons. The van der Waals surface area contributed by atoms with Gasteiger partial charge in [0.05, 0.1) is 6.42 Å². The average molecular weight is 413 g/mol. The number of rotatable bonds is 8. The molecule has 0 spiro atoms. The van der Waals surface area contributed by atoms with Gasteiger partial charge < -0.3 is 20.9 Å². The second-order valence-electron chi connectivity index (χ2n) is 7.30. The summed E-state index contributed by atoms with van der Waals surface area (Å²) >= 11 is 0. The summed E-state index contributed by atoms with van der Waals surface area (Å²) < 4.78 is 13.1. The quantitative estimate of drug-likeness (QED) is 0.580. The fourth-order valence-corrected chi connectivity index (χ4v) is 3.47. The van der Waals surface area contributed by atoms with Crippen molar-refractivity contribution in [2.75, 3.05) is 31.1 Å². The van der Waals surface area contributed by atoms with E-state index in [0.29, 0.717) is 25.2 Å². The van der Waals surface area contributed by atoms with E-state index in [-0.39, 0.29) is 24.2 Å². The highest BCUT2D eigenvalue weighted by Crippen LogP contribution is 2.21. The van der Waals surface area contributed by atoms with Crippen molar-refractivity contribution in [1.82, 2.24) is 20.9 Å². The first-order valence-corrected chi connectivity index (χ1v) is 10.3. The van der Waals surface area contributed by atoms with Crippen LogP contribution in [0.25, 0.3) is 0 Å². The number of anilines is 1. The standard InChI is InChI=1S/C22H28FN5O2/c23-19-8-4-6-17(14-19)15-20(29)24-10-11-26-22(30)27-16-18-7-5-9-25-21(18)28-12-2-1-3-13-28/h4-9,14H,1-3,10-13,15-16H2,(H,24,29)(H2,26,27,30). The van der Waals surface area contributed by atoms with Crippen LogP contribution < -0.4 is 20.9 Å². The molecule has 8 heteroatoms. The molecule has 3 N–H and O–H groups in total. The van der Waals surface area contributed by atoms with Gasteiger partial charge in [0.2, 0.25) is 5.91 Å². The molecular weight excluding hydrogens is 385 g/mol. The van der Waals surface area contributed by atoms with E-state index in [2.05, 4.69) is 25.8 Å². The molecule has 3 rings (SSSR count). The van der Waals surface area contributed by atoms with E-state index in [1.165, 1.54) is 18.6 Å². The van der Waals surface area contributed by atoms with Crippen LogP contribution in [0, 0.1) is 5.82 Å². The highest BCUT2D eigenvalue weighted by atomic mass is 19.1. The number of benzene rings is 1. The summed E-state index contributed by atoms with van der Waals surface area (Å²) in [7, 11) is 0. The number of nitrogens with one attached hydrogen (secondary N) is 3. The molecule has 1 aromatic heterocycles. The highest BCUT2D eigenvalue weighted by molar-refractivity contribution is 5.78. The SMILES string of the molecule is O=C(Cc1cccc(F)c1)NCCNC(=O)NCc1cccnc1N1CCCCC1. The average Bonchev–Trinajstić information content (AvgIpc) is 2.76. The van der Waals surface area contributed by atoms with Gasteiger partial charge in [-0.25, -0.2) is 14.2 Å². The van der Waals surface area contributed by atoms with Crippen molar-refractivity contribution in [3.8, 4) is 0 Å². The number of urea groups is 1. The molecule has 2 heterocycles. The molecule has 0 bridgehead atoms. The highest BCUT2D eigenvalue weighted by Gasteiger charge is 2.15. The molecule has 2 aromatic rings. The van der Waals surface area contributed by atoms with E-state index in [4.69, 9.17) is 0 Å². The van der Waals surface area contributed by atoms with Crippen molar-refractivity contribution in [1.29, 1.82) is 0 Å². The number of nitrogens with zero attached hydrogens (tertiary/aromatic N) is 2. The molecule has 1 aliphatic heterocycles. The van der Waals surface area contributed by atoms with Crippen molar-refractivity contribution in [3.05, 3.63) is 59.5 Å². The van der Waals surface area contributed by atoms with Gasteiger partial charge in [-0.1, -0.05) is 18.2 Å². The third-order valence-corrected chi connectivity index (χ3v) is 4.95. The molecule has 1 aromatic carbocycles. The molecule has 7 nitrogen and oxygen atoms in total. The van der Waals surface area contributed by atoms with Crippen LogP contribution in [-0.4, -0.2) is 43.1 Å². The number of carbonyl (C=O) groups is 2. The fraction of sp³-hybridized carbons (Fsp3) is 0.409. The Hall–Kier alpha value is -3.16. The lowest BCUT2D eigenvalue weighted by molar-refractivity contribution is -0.120. The summed E-state index contributed by atoms with van der Waals surface area (Å²) in [4.78, 5) is 30.7. The first-order valence-electron chi connectivity index (χ1n) is 10.3. The molecule has 0 atom stereocenters. The van der Waals surface area contributed by atoms with E-state index in [1.807, 2.05) is 12.1 Å². The summed E-state index contributed by atoms with van der Waals surface area (Å²) in [6.45, 7) is 2.97. The summed E-state index contributed by atoms with van der Waals surface area (Å²) in [5.74, 6) is 0.349. The normalized spacial score (nSPS) is 13.6. The van der Waals surface area contributed by atoms with E-state index in [1.54, 1.807) is 18.3 Å². The summed E-state index contributed by atoms with van der Waals surface area (Å²) in [5.41, 5.74) is 1.59. The van der Waals surface area contributed by atoms with E-state index < -0.39 is 0 Å². The largest absolute Gasteiger partial charge is 0.356 e. The number of pyridine rings is 1. The lowest BCUT2D eigenvalue weighted by Gasteiger charge is -2.29. The van der Waals surface area contributed by atoms with Crippen molar-refractivity contribution >= 4 is 17.8 Å². The molecule has 30 heavy (non-hydrogen) atoms. The first kappa shape index (κ1) is 21.5. The van der Waals surface area contributed by atoms with Gasteiger partial charge in [-0.05, 0) is 43.0 Å². The molecule has 1 saturated heterocycles. The van der Waals surface area contributed by atoms with Crippen molar-refractivity contribution < 1.29 is 14.0 Å². The topological polar surface area (TPSA) is 86.4 Å². The van der Waals surface area contributed by atoms with Gasteiger partial charge in [0.15, 0.2) is 0 Å². The van der Waals surface area contributed by atoms with E-state index in [9.17, 15) is 14.0 Å². The van der Waals surface area contributed by atoms with Crippen molar-refractivity contribution in [2.45, 2.75) is 32.2 Å². The molecule has 3 amide bonds. The van der Waals surface area contributed by atoms with Gasteiger partial charge in [0.25, 0.3) is 0 Å². The number of halogens is 1. The number of hydrogen-bond acceptors (Lipinski definition) is 4. The monoisotopic (exact) mass is 413 g/mol. The Morgan fingerprint density at radius 3 is 2.60 bits per heavy atom. The summed E-state index contributed by atoms with van der Waals surface area (Å²) in [6.07, 6.45) is 5.45. The zero-order chi connectivity index (χ0) is 21.2. The van der Waals surface area contributed by atoms with Crippen molar-refractivity contribution in [3.63, 3.8) is 0 Å². The number of carbonyl (C=O) groups excluding carboxylic acids is 2. The second-order valence-corrected chi connectivity index (χ2v) is 7.30. The van der Waals surface area contributed by atoms with Crippen molar-refractivity contribution in [2.24, 2.45) is 0 Å². The summed E-state index contributed by atoms with van der Waals surface area (Å²) in [5, 5.41) is 8.27. The van der Waals surface area contributed by atoms with Crippen LogP contribution in [0.3, 0.4) is 0 Å². The molecule has 0 aliphatic carbocycles. The Morgan fingerprint density at radius 2 is 1.80 bits per heavy atom. The van der Waals surface area contributed by atoms with Gasteiger partial charge in [0, 0.05) is 44.5 Å². The van der Waals surface area contributed by atoms with Gasteiger partial charge >= 0.3 is 6.03 Å². The maximum atomic E-state index is 13.1. The molecule has 160 valence electrons. The van der Waals surface area contributed by atoms with Crippen LogP contribution >= 0.6 is 0 Å². The predicted octanol–water partition coefficient (Wildman–Crippen LogP) is 2.37. The maximum Gasteiger partial charge on any atom is 0.315 e. The second kappa shape index (κ2) is 11.1. The smallest absolute Gasteiger partial charge is 0.315 e. The Labute approximate surface area is 176 Å². The number of amides is 3. The van der Waals surface area contributed by atoms with Gasteiger partial charge in [-0.3, -0.25) is 4.79 Å². The van der Waals surface area contributed by atoms with Crippen LogP contribution in [0.5, 0.6) is 0 Å². The van der Waals surface area contributed by atoms with Gasteiger partial charge in [-0.2, -0.15) is 0 Å². The number of aromatic nitrogens is 1. The molecule has 1 aliphatic rings. The van der Waals surface area contributed by atoms with Crippen LogP contribution in [0.15, 0.2) is 42.6 Å². The molecule has 1 fully saturated rings. The van der Waals surface area contributed by atoms with Crippen LogP contribution in [0.4, 0.5) is 15.0 Å². The third-order valence-electron chi connectivity index (χ3n) is 4.95. The first-order chi connectivity index (χ1) is 14.6. The lowest BCUT2D eigenvalue weighted by atomic mass is 10.1. The van der Waals surface area contributed by atoms with Gasteiger partial charge in [-0.15, -0.1) is 0 Å². The molecule has 0 unspecified atom stereocenters. The molecule has 0 saturated carbocycles. The van der Waals surface area contributed by atoms with Crippen LogP contribution in [0.2, 0.25) is 0 Å². The Balaban J connectivity index is 1.36. The van der Waals surface area contributed by atoms with E-state index in [0.717, 1.165) is 37.3 Å². The lowest BCUT2D eigenvalue weighted by Crippen LogP contribution is -2.40. The number of hydrogen-bond donors (Lipinski definition) is 3. The van der Waals surface area contributed by atoms with E-state index >= 15 is 0 Å². The maximum absolute atomic E-state index is 13.1. The Morgan fingerprint density at radius 1 is 1.00 bits per heavy atom. The minimum Gasteiger partial charge on any atom is -0.356 e. The number of piperidine rings is 1. The third kappa shape index (κ3) is 6.72. The van der Waals surface area contributed by atoms with Gasteiger partial charge in [0.1, 0.15) is 11.6 Å². The zero-order valence-corrected chi connectivity index (χ0v) is 17.0. The zero-order valence-electron chi connectivity index (χ0n) is 17.0. The predicted molar refractivity (Wildman–Crippen MR) is 114 cm³/mol. The molecular formula is C22H28FN5O2. The minimum absolute atomic E-state index is 0.101. The fourth-order valence-electron chi connectivity index (χ4n) is 3.47.